The molecule has 2 atom stereocenters. The van der Waals surface area contributed by atoms with E-state index in [0.29, 0.717) is 18.0 Å². The molecule has 3 aliphatic rings. The summed E-state index contributed by atoms with van der Waals surface area (Å²) in [6, 6.07) is 14.0. The van der Waals surface area contributed by atoms with Crippen LogP contribution in [0.5, 0.6) is 0 Å². The van der Waals surface area contributed by atoms with Crippen LogP contribution in [0.1, 0.15) is 12.0 Å². The SMILES string of the molecule is Cc1cc(Nc2nccc(-c3ccc(N4CC5CC4CN5C)nc3)n2)ccc1N1CCN(C)CC1. The van der Waals surface area contributed by atoms with Gasteiger partial charge in [-0.1, -0.05) is 0 Å². The molecule has 8 nitrogen and oxygen atoms in total. The van der Waals surface area contributed by atoms with Crippen LogP contribution in [0.4, 0.5) is 23.1 Å². The fourth-order valence-electron chi connectivity index (χ4n) is 5.70. The second-order valence-corrected chi connectivity index (χ2v) is 10.2. The molecule has 0 saturated carbocycles. The topological polar surface area (TPSA) is 63.7 Å². The van der Waals surface area contributed by atoms with Gasteiger partial charge in [0.05, 0.1) is 5.69 Å². The highest BCUT2D eigenvalue weighted by Gasteiger charge is 2.41. The van der Waals surface area contributed by atoms with Crippen molar-refractivity contribution in [1.29, 1.82) is 0 Å². The number of nitrogens with zero attached hydrogens (tertiary/aromatic N) is 7. The normalized spacial score (nSPS) is 22.7. The first-order chi connectivity index (χ1) is 17.0. The van der Waals surface area contributed by atoms with E-state index in [1.807, 2.05) is 12.3 Å². The molecule has 0 aliphatic carbocycles. The Morgan fingerprint density at radius 3 is 2.46 bits per heavy atom. The smallest absolute Gasteiger partial charge is 0.227 e. The molecular formula is C27H34N8. The lowest BCUT2D eigenvalue weighted by atomic mass is 10.1. The summed E-state index contributed by atoms with van der Waals surface area (Å²) in [4.78, 5) is 23.8. The Hall–Kier alpha value is -3.23. The highest BCUT2D eigenvalue weighted by molar-refractivity contribution is 5.66. The number of pyridine rings is 1. The van der Waals surface area contributed by atoms with E-state index in [-0.39, 0.29) is 0 Å². The van der Waals surface area contributed by atoms with Crippen molar-refractivity contribution in [2.45, 2.75) is 25.4 Å². The van der Waals surface area contributed by atoms with E-state index in [4.69, 9.17) is 9.97 Å². The number of hydrogen-bond donors (Lipinski definition) is 1. The minimum absolute atomic E-state index is 0.587. The number of aryl methyl sites for hydroxylation is 1. The minimum atomic E-state index is 0.587. The van der Waals surface area contributed by atoms with E-state index in [2.05, 4.69) is 81.3 Å². The van der Waals surface area contributed by atoms with Crippen LogP contribution in [-0.4, -0.2) is 90.2 Å². The third-order valence-electron chi connectivity index (χ3n) is 7.80. The van der Waals surface area contributed by atoms with Crippen molar-refractivity contribution in [2.24, 2.45) is 0 Å². The van der Waals surface area contributed by atoms with Crippen LogP contribution in [0.3, 0.4) is 0 Å². The number of likely N-dealkylation sites (N-methyl/N-ethyl adjacent to an activating group) is 2. The predicted octanol–water partition coefficient (Wildman–Crippen LogP) is 3.24. The van der Waals surface area contributed by atoms with E-state index < -0.39 is 0 Å². The number of piperazine rings is 2. The second kappa shape index (κ2) is 9.09. The molecule has 35 heavy (non-hydrogen) atoms. The van der Waals surface area contributed by atoms with E-state index >= 15 is 0 Å². The number of aromatic nitrogens is 3. The van der Waals surface area contributed by atoms with Gasteiger partial charge in [-0.25, -0.2) is 15.0 Å². The molecule has 2 unspecified atom stereocenters. The number of rotatable bonds is 5. The van der Waals surface area contributed by atoms with Crippen molar-refractivity contribution < 1.29 is 0 Å². The maximum atomic E-state index is 4.78. The van der Waals surface area contributed by atoms with E-state index in [9.17, 15) is 0 Å². The van der Waals surface area contributed by atoms with Crippen molar-refractivity contribution in [3.63, 3.8) is 0 Å². The summed E-state index contributed by atoms with van der Waals surface area (Å²) in [7, 11) is 4.41. The molecule has 5 heterocycles. The summed E-state index contributed by atoms with van der Waals surface area (Å²) in [6.07, 6.45) is 4.99. The molecule has 3 aliphatic heterocycles. The van der Waals surface area contributed by atoms with Crippen LogP contribution in [0.25, 0.3) is 11.3 Å². The first-order valence-electron chi connectivity index (χ1n) is 12.6. The quantitative estimate of drug-likeness (QED) is 0.610. The van der Waals surface area contributed by atoms with Gasteiger partial charge in [-0.05, 0) is 69.4 Å². The van der Waals surface area contributed by atoms with E-state index in [1.54, 1.807) is 6.20 Å². The van der Waals surface area contributed by atoms with Crippen molar-refractivity contribution in [3.8, 4) is 11.3 Å². The van der Waals surface area contributed by atoms with Gasteiger partial charge in [-0.15, -0.1) is 0 Å². The zero-order chi connectivity index (χ0) is 23.9. The number of nitrogens with one attached hydrogen (secondary N) is 1. The molecular weight excluding hydrogens is 436 g/mol. The lowest BCUT2D eigenvalue weighted by Crippen LogP contribution is -2.44. The Kier molecular flexibility index (Phi) is 5.78. The average Bonchev–Trinajstić information content (AvgIpc) is 3.45. The number of fused-ring (bicyclic) bond motifs is 2. The first kappa shape index (κ1) is 22.2. The maximum Gasteiger partial charge on any atom is 0.227 e. The van der Waals surface area contributed by atoms with Crippen LogP contribution >= 0.6 is 0 Å². The maximum absolute atomic E-state index is 4.78. The molecule has 0 spiro atoms. The predicted molar refractivity (Wildman–Crippen MR) is 142 cm³/mol. The van der Waals surface area contributed by atoms with Gasteiger partial charge in [0.15, 0.2) is 0 Å². The lowest BCUT2D eigenvalue weighted by Gasteiger charge is -2.35. The monoisotopic (exact) mass is 470 g/mol. The molecule has 182 valence electrons. The van der Waals surface area contributed by atoms with Gasteiger partial charge < -0.3 is 20.0 Å². The fourth-order valence-corrected chi connectivity index (χ4v) is 5.70. The Bertz CT molecular complexity index is 1190. The van der Waals surface area contributed by atoms with E-state index in [1.165, 1.54) is 17.7 Å². The molecule has 0 amide bonds. The molecule has 3 saturated heterocycles. The third-order valence-corrected chi connectivity index (χ3v) is 7.80. The highest BCUT2D eigenvalue weighted by Crippen LogP contribution is 2.33. The summed E-state index contributed by atoms with van der Waals surface area (Å²) in [5, 5.41) is 3.39. The number of hydrogen-bond acceptors (Lipinski definition) is 8. The fraction of sp³-hybridized carbons (Fsp3) is 0.444. The Morgan fingerprint density at radius 1 is 0.914 bits per heavy atom. The molecule has 3 fully saturated rings. The molecule has 2 aromatic heterocycles. The van der Waals surface area contributed by atoms with Gasteiger partial charge in [-0.3, -0.25) is 4.90 Å². The zero-order valence-electron chi connectivity index (χ0n) is 20.9. The zero-order valence-corrected chi connectivity index (χ0v) is 20.9. The number of likely N-dealkylation sites (tertiary alicyclic amines) is 1. The Morgan fingerprint density at radius 2 is 1.77 bits per heavy atom. The van der Waals surface area contributed by atoms with Crippen molar-refractivity contribution in [1.82, 2.24) is 24.8 Å². The summed E-state index contributed by atoms with van der Waals surface area (Å²) < 4.78 is 0. The Labute approximate surface area is 207 Å². The standard InChI is InChI=1S/C27H34N8/c1-19-14-21(5-6-25(19)34-12-10-32(2)11-13-34)30-27-28-9-8-24(31-27)20-4-7-26(29-16-20)35-18-22-15-23(35)17-33(22)3/h4-9,14,16,22-23H,10-13,15,17-18H2,1-3H3,(H,28,30,31). The van der Waals surface area contributed by atoms with Gasteiger partial charge in [0.2, 0.25) is 5.95 Å². The second-order valence-electron chi connectivity index (χ2n) is 10.2. The molecule has 2 bridgehead atoms. The molecule has 0 radical (unpaired) electrons. The Balaban J connectivity index is 1.14. The van der Waals surface area contributed by atoms with Gasteiger partial charge in [0, 0.05) is 80.7 Å². The van der Waals surface area contributed by atoms with Crippen molar-refractivity contribution in [2.75, 3.05) is 68.5 Å². The number of benzene rings is 1. The largest absolute Gasteiger partial charge is 0.369 e. The third kappa shape index (κ3) is 4.44. The van der Waals surface area contributed by atoms with Crippen LogP contribution in [-0.2, 0) is 0 Å². The van der Waals surface area contributed by atoms with Crippen molar-refractivity contribution >= 4 is 23.1 Å². The van der Waals surface area contributed by atoms with E-state index in [0.717, 1.165) is 62.0 Å². The first-order valence-corrected chi connectivity index (χ1v) is 12.6. The van der Waals surface area contributed by atoms with Crippen LogP contribution < -0.4 is 15.1 Å². The summed E-state index contributed by atoms with van der Waals surface area (Å²) in [5.74, 6) is 1.66. The lowest BCUT2D eigenvalue weighted by molar-refractivity contribution is 0.292. The molecule has 1 N–H and O–H groups in total. The van der Waals surface area contributed by atoms with Crippen LogP contribution in [0.2, 0.25) is 0 Å². The molecule has 8 heteroatoms. The summed E-state index contributed by atoms with van der Waals surface area (Å²) >= 11 is 0. The van der Waals surface area contributed by atoms with Crippen LogP contribution in [0.15, 0.2) is 48.8 Å². The van der Waals surface area contributed by atoms with Gasteiger partial charge in [0.1, 0.15) is 5.82 Å². The molecule has 1 aromatic carbocycles. The van der Waals surface area contributed by atoms with Crippen LogP contribution in [0, 0.1) is 6.92 Å². The minimum Gasteiger partial charge on any atom is -0.369 e. The summed E-state index contributed by atoms with van der Waals surface area (Å²) in [6.45, 7) is 8.72. The summed E-state index contributed by atoms with van der Waals surface area (Å²) in [5.41, 5.74) is 5.44. The number of anilines is 4. The van der Waals surface area contributed by atoms with Crippen molar-refractivity contribution in [3.05, 3.63) is 54.4 Å². The molecule has 3 aromatic rings. The highest BCUT2D eigenvalue weighted by atomic mass is 15.4. The van der Waals surface area contributed by atoms with Gasteiger partial charge in [-0.2, -0.15) is 0 Å². The van der Waals surface area contributed by atoms with Gasteiger partial charge >= 0.3 is 0 Å². The average molecular weight is 471 g/mol. The molecule has 6 rings (SSSR count). The van der Waals surface area contributed by atoms with Gasteiger partial charge in [0.25, 0.3) is 0 Å².